The number of aliphatic hydroxyl groups is 1. The first-order valence-corrected chi connectivity index (χ1v) is 8.22. The molecular weight excluding hydrogens is 294 g/mol. The standard InChI is InChI=1S/C14H21NO5S/c1-10(8-16)11(2)15-21(18,19)9-12-5-4-6-13(7-12)14(17)20-3/h4-7,10-11,15-16H,8-9H2,1-3H3. The van der Waals surface area contributed by atoms with Crippen LogP contribution < -0.4 is 4.72 Å². The summed E-state index contributed by atoms with van der Waals surface area (Å²) in [6.45, 7) is 3.36. The van der Waals surface area contributed by atoms with E-state index < -0.39 is 16.0 Å². The monoisotopic (exact) mass is 315 g/mol. The molecule has 0 spiro atoms. The van der Waals surface area contributed by atoms with Crippen LogP contribution in [0.4, 0.5) is 0 Å². The molecule has 0 bridgehead atoms. The number of sulfonamides is 1. The molecule has 2 unspecified atom stereocenters. The minimum absolute atomic E-state index is 0.0957. The first-order chi connectivity index (χ1) is 9.79. The van der Waals surface area contributed by atoms with Crippen molar-refractivity contribution in [2.75, 3.05) is 13.7 Å². The number of hydrogen-bond acceptors (Lipinski definition) is 5. The highest BCUT2D eigenvalue weighted by Gasteiger charge is 2.19. The summed E-state index contributed by atoms with van der Waals surface area (Å²) in [5.74, 6) is -0.925. The van der Waals surface area contributed by atoms with Gasteiger partial charge in [-0.3, -0.25) is 0 Å². The number of aliphatic hydroxyl groups excluding tert-OH is 1. The predicted octanol–water partition coefficient (Wildman–Crippen LogP) is 0.909. The average Bonchev–Trinajstić information content (AvgIpc) is 2.44. The van der Waals surface area contributed by atoms with Crippen molar-refractivity contribution in [3.05, 3.63) is 35.4 Å². The summed E-state index contributed by atoms with van der Waals surface area (Å²) < 4.78 is 31.3. The van der Waals surface area contributed by atoms with Crippen LogP contribution in [0.3, 0.4) is 0 Å². The third-order valence-corrected chi connectivity index (χ3v) is 4.66. The second kappa shape index (κ2) is 7.53. The fraction of sp³-hybridized carbons (Fsp3) is 0.500. The number of hydrogen-bond donors (Lipinski definition) is 2. The number of methoxy groups -OCH3 is 1. The lowest BCUT2D eigenvalue weighted by Gasteiger charge is -2.19. The van der Waals surface area contributed by atoms with Crippen molar-refractivity contribution in [3.63, 3.8) is 0 Å². The first-order valence-electron chi connectivity index (χ1n) is 6.57. The zero-order valence-corrected chi connectivity index (χ0v) is 13.2. The topological polar surface area (TPSA) is 92.7 Å². The third kappa shape index (κ3) is 5.45. The summed E-state index contributed by atoms with van der Waals surface area (Å²) in [7, 11) is -2.28. The highest BCUT2D eigenvalue weighted by molar-refractivity contribution is 7.88. The molecular formula is C14H21NO5S. The smallest absolute Gasteiger partial charge is 0.337 e. The molecule has 2 atom stereocenters. The summed E-state index contributed by atoms with van der Waals surface area (Å²) >= 11 is 0. The molecule has 0 radical (unpaired) electrons. The van der Waals surface area contributed by atoms with Crippen LogP contribution in [0.25, 0.3) is 0 Å². The maximum Gasteiger partial charge on any atom is 0.337 e. The van der Waals surface area contributed by atoms with E-state index in [0.717, 1.165) is 0 Å². The van der Waals surface area contributed by atoms with E-state index >= 15 is 0 Å². The van der Waals surface area contributed by atoms with Gasteiger partial charge in [0.1, 0.15) is 0 Å². The number of carbonyl (C=O) groups excluding carboxylic acids is 1. The Labute approximate surface area is 125 Å². The molecule has 1 rings (SSSR count). The summed E-state index contributed by atoms with van der Waals surface area (Å²) in [5, 5.41) is 9.03. The van der Waals surface area contributed by atoms with Gasteiger partial charge in [-0.1, -0.05) is 19.1 Å². The number of carbonyl (C=O) groups is 1. The summed E-state index contributed by atoms with van der Waals surface area (Å²) in [6.07, 6.45) is 0. The summed E-state index contributed by atoms with van der Waals surface area (Å²) in [5.41, 5.74) is 0.802. The van der Waals surface area contributed by atoms with E-state index in [9.17, 15) is 13.2 Å². The van der Waals surface area contributed by atoms with Gasteiger partial charge in [0.05, 0.1) is 18.4 Å². The van der Waals surface area contributed by atoms with E-state index in [0.29, 0.717) is 11.1 Å². The van der Waals surface area contributed by atoms with Crippen LogP contribution in [0, 0.1) is 5.92 Å². The van der Waals surface area contributed by atoms with Crippen LogP contribution in [0.5, 0.6) is 0 Å². The minimum Gasteiger partial charge on any atom is -0.465 e. The average molecular weight is 315 g/mol. The molecule has 0 aliphatic rings. The van der Waals surface area contributed by atoms with Crippen LogP contribution in [-0.4, -0.2) is 39.3 Å². The number of ether oxygens (including phenoxy) is 1. The van der Waals surface area contributed by atoms with E-state index in [-0.39, 0.29) is 24.3 Å². The van der Waals surface area contributed by atoms with E-state index in [4.69, 9.17) is 5.11 Å². The van der Waals surface area contributed by atoms with Crippen molar-refractivity contribution >= 4 is 16.0 Å². The molecule has 0 saturated carbocycles. The van der Waals surface area contributed by atoms with E-state index in [1.807, 2.05) is 0 Å². The van der Waals surface area contributed by atoms with Gasteiger partial charge in [0.2, 0.25) is 10.0 Å². The van der Waals surface area contributed by atoms with Gasteiger partial charge in [0, 0.05) is 12.6 Å². The van der Waals surface area contributed by atoms with Crippen LogP contribution in [0.2, 0.25) is 0 Å². The maximum atomic E-state index is 12.1. The van der Waals surface area contributed by atoms with Crippen molar-refractivity contribution < 1.29 is 23.1 Å². The number of nitrogens with one attached hydrogen (secondary N) is 1. The Balaban J connectivity index is 2.82. The molecule has 0 aliphatic carbocycles. The van der Waals surface area contributed by atoms with E-state index in [1.54, 1.807) is 32.0 Å². The number of esters is 1. The highest BCUT2D eigenvalue weighted by atomic mass is 32.2. The van der Waals surface area contributed by atoms with Crippen LogP contribution in [0.15, 0.2) is 24.3 Å². The van der Waals surface area contributed by atoms with E-state index in [1.165, 1.54) is 13.2 Å². The van der Waals surface area contributed by atoms with Crippen molar-refractivity contribution in [1.82, 2.24) is 4.72 Å². The Kier molecular flexibility index (Phi) is 6.32. The summed E-state index contributed by atoms with van der Waals surface area (Å²) in [6, 6.07) is 5.92. The van der Waals surface area contributed by atoms with Gasteiger partial charge in [-0.25, -0.2) is 17.9 Å². The van der Waals surface area contributed by atoms with Crippen molar-refractivity contribution in [1.29, 1.82) is 0 Å². The lowest BCUT2D eigenvalue weighted by atomic mass is 10.1. The quantitative estimate of drug-likeness (QED) is 0.730. The van der Waals surface area contributed by atoms with Crippen LogP contribution >= 0.6 is 0 Å². The van der Waals surface area contributed by atoms with Gasteiger partial charge in [-0.05, 0) is 30.5 Å². The van der Waals surface area contributed by atoms with Crippen molar-refractivity contribution in [2.45, 2.75) is 25.6 Å². The van der Waals surface area contributed by atoms with Gasteiger partial charge in [0.25, 0.3) is 0 Å². The molecule has 0 heterocycles. The fourth-order valence-electron chi connectivity index (χ4n) is 1.72. The van der Waals surface area contributed by atoms with E-state index in [2.05, 4.69) is 9.46 Å². The summed E-state index contributed by atoms with van der Waals surface area (Å²) in [4.78, 5) is 11.4. The Morgan fingerprint density at radius 2 is 2.05 bits per heavy atom. The highest BCUT2D eigenvalue weighted by Crippen LogP contribution is 2.11. The molecule has 2 N–H and O–H groups in total. The normalized spacial score (nSPS) is 14.5. The first kappa shape index (κ1) is 17.6. The lowest BCUT2D eigenvalue weighted by Crippen LogP contribution is -2.38. The van der Waals surface area contributed by atoms with Gasteiger partial charge in [-0.15, -0.1) is 0 Å². The molecule has 0 aliphatic heterocycles. The zero-order valence-electron chi connectivity index (χ0n) is 12.4. The number of rotatable bonds is 7. The Morgan fingerprint density at radius 3 is 2.62 bits per heavy atom. The molecule has 0 amide bonds. The van der Waals surface area contributed by atoms with Crippen LogP contribution in [0.1, 0.15) is 29.8 Å². The molecule has 0 saturated heterocycles. The predicted molar refractivity (Wildman–Crippen MR) is 79.3 cm³/mol. The maximum absolute atomic E-state index is 12.1. The molecule has 6 nitrogen and oxygen atoms in total. The van der Waals surface area contributed by atoms with Crippen molar-refractivity contribution in [3.8, 4) is 0 Å². The largest absolute Gasteiger partial charge is 0.465 e. The second-order valence-electron chi connectivity index (χ2n) is 5.02. The third-order valence-electron chi connectivity index (χ3n) is 3.21. The van der Waals surface area contributed by atoms with Crippen LogP contribution in [-0.2, 0) is 20.5 Å². The second-order valence-corrected chi connectivity index (χ2v) is 6.77. The SMILES string of the molecule is COC(=O)c1cccc(CS(=O)(=O)NC(C)C(C)CO)c1. The van der Waals surface area contributed by atoms with Gasteiger partial charge in [0.15, 0.2) is 0 Å². The Bertz CT molecular complexity index is 585. The van der Waals surface area contributed by atoms with Gasteiger partial charge >= 0.3 is 5.97 Å². The Morgan fingerprint density at radius 1 is 1.38 bits per heavy atom. The zero-order chi connectivity index (χ0) is 16.0. The Hall–Kier alpha value is -1.44. The molecule has 0 fully saturated rings. The van der Waals surface area contributed by atoms with Crippen molar-refractivity contribution in [2.24, 2.45) is 5.92 Å². The van der Waals surface area contributed by atoms with Gasteiger partial charge < -0.3 is 9.84 Å². The number of benzene rings is 1. The molecule has 21 heavy (non-hydrogen) atoms. The minimum atomic E-state index is -3.55. The molecule has 118 valence electrons. The molecule has 7 heteroatoms. The molecule has 1 aromatic carbocycles. The molecule has 1 aromatic rings. The molecule has 0 aromatic heterocycles. The lowest BCUT2D eigenvalue weighted by molar-refractivity contribution is 0.0600. The fourth-order valence-corrected chi connectivity index (χ4v) is 3.22. The van der Waals surface area contributed by atoms with Gasteiger partial charge in [-0.2, -0.15) is 0 Å².